The number of amides is 3. The molecule has 2 fully saturated rings. The summed E-state index contributed by atoms with van der Waals surface area (Å²) in [5.41, 5.74) is 4.54. The van der Waals surface area contributed by atoms with Crippen LogP contribution in [0.3, 0.4) is 0 Å². The number of anilines is 1. The normalized spacial score (nSPS) is 18.9. The number of benzene rings is 2. The number of aromatic nitrogens is 5. The molecule has 3 aromatic heterocycles. The molecular formula is C38H39ClN10O4S. The molecule has 0 saturated carbocycles. The molecule has 2 aromatic carbocycles. The maximum Gasteiger partial charge on any atom is 0.275 e. The van der Waals surface area contributed by atoms with Gasteiger partial charge in [-0.2, -0.15) is 5.10 Å². The second-order valence-electron chi connectivity index (χ2n) is 13.9. The lowest BCUT2D eigenvalue weighted by Crippen LogP contribution is -2.48. The van der Waals surface area contributed by atoms with Crippen LogP contribution < -0.4 is 21.1 Å². The van der Waals surface area contributed by atoms with Crippen LogP contribution in [0.15, 0.2) is 58.4 Å². The average Bonchev–Trinajstić information content (AvgIpc) is 3.64. The monoisotopic (exact) mass is 766 g/mol. The summed E-state index contributed by atoms with van der Waals surface area (Å²) in [7, 11) is 0. The van der Waals surface area contributed by atoms with Crippen LogP contribution in [0, 0.1) is 20.8 Å². The second kappa shape index (κ2) is 14.5. The van der Waals surface area contributed by atoms with Gasteiger partial charge in [-0.25, -0.2) is 4.68 Å². The molecule has 8 rings (SSSR count). The molecule has 278 valence electrons. The zero-order valence-corrected chi connectivity index (χ0v) is 31.7. The van der Waals surface area contributed by atoms with E-state index in [1.165, 1.54) is 9.56 Å². The van der Waals surface area contributed by atoms with E-state index < -0.39 is 18.0 Å². The molecule has 0 bridgehead atoms. The lowest BCUT2D eigenvalue weighted by Gasteiger charge is -2.36. The first kappa shape index (κ1) is 35.8. The molecule has 14 nitrogen and oxygen atoms in total. The predicted octanol–water partition coefficient (Wildman–Crippen LogP) is 3.82. The van der Waals surface area contributed by atoms with E-state index in [9.17, 15) is 19.2 Å². The molecule has 3 amide bonds. The first-order chi connectivity index (χ1) is 26.0. The molecule has 0 aliphatic carbocycles. The topological polar surface area (TPSA) is 160 Å². The summed E-state index contributed by atoms with van der Waals surface area (Å²) in [6.07, 6.45) is 2.15. The van der Waals surface area contributed by atoms with E-state index >= 15 is 0 Å². The zero-order valence-electron chi connectivity index (χ0n) is 30.1. The van der Waals surface area contributed by atoms with Crippen molar-refractivity contribution in [2.24, 2.45) is 4.99 Å². The fraction of sp³-hybridized carbons (Fsp3) is 0.368. The van der Waals surface area contributed by atoms with Crippen molar-refractivity contribution >= 4 is 62.8 Å². The van der Waals surface area contributed by atoms with Gasteiger partial charge in [-0.3, -0.25) is 39.0 Å². The molecule has 5 aromatic rings. The number of carbonyl (C=O) groups excluding carboxylic acids is 3. The molecular weight excluding hydrogens is 728 g/mol. The molecule has 54 heavy (non-hydrogen) atoms. The highest BCUT2D eigenvalue weighted by Gasteiger charge is 2.33. The van der Waals surface area contributed by atoms with E-state index in [2.05, 4.69) is 49.6 Å². The highest BCUT2D eigenvalue weighted by atomic mass is 35.5. The molecule has 2 saturated heterocycles. The van der Waals surface area contributed by atoms with Crippen LogP contribution >= 0.6 is 22.9 Å². The Hall–Kier alpha value is -5.25. The number of piperidine rings is 1. The number of piperazine rings is 1. The van der Waals surface area contributed by atoms with E-state index in [-0.39, 0.29) is 36.6 Å². The van der Waals surface area contributed by atoms with Gasteiger partial charge in [0.05, 0.1) is 23.7 Å². The van der Waals surface area contributed by atoms with Crippen LogP contribution in [0.4, 0.5) is 5.69 Å². The van der Waals surface area contributed by atoms with Crippen LogP contribution in [0.25, 0.3) is 15.8 Å². The molecule has 3 aliphatic heterocycles. The number of nitrogens with one attached hydrogen (secondary N) is 2. The molecule has 16 heteroatoms. The summed E-state index contributed by atoms with van der Waals surface area (Å²) in [6.45, 7) is 10.5. The van der Waals surface area contributed by atoms with Crippen molar-refractivity contribution in [2.45, 2.75) is 52.1 Å². The van der Waals surface area contributed by atoms with Gasteiger partial charge in [-0.15, -0.1) is 21.5 Å². The van der Waals surface area contributed by atoms with Crippen LogP contribution in [0.1, 0.15) is 64.6 Å². The third-order valence-electron chi connectivity index (χ3n) is 10.5. The maximum absolute atomic E-state index is 13.5. The number of carbonyl (C=O) groups is 3. The number of aryl methyl sites for hydroxylation is 2. The molecule has 2 N–H and O–H groups in total. The quantitative estimate of drug-likeness (QED) is 0.224. The van der Waals surface area contributed by atoms with Crippen molar-refractivity contribution in [3.05, 3.63) is 97.3 Å². The van der Waals surface area contributed by atoms with Crippen molar-refractivity contribution in [1.82, 2.24) is 40.1 Å². The molecule has 0 radical (unpaired) electrons. The third-order valence-corrected chi connectivity index (χ3v) is 12.0. The molecule has 3 aliphatic rings. The number of nitrogens with zero attached hydrogens (tertiary/aromatic N) is 8. The van der Waals surface area contributed by atoms with Gasteiger partial charge in [-0.05, 0) is 63.1 Å². The van der Waals surface area contributed by atoms with Crippen molar-refractivity contribution in [1.29, 1.82) is 0 Å². The summed E-state index contributed by atoms with van der Waals surface area (Å²) in [4.78, 5) is 61.6. The number of imide groups is 1. The Morgan fingerprint density at radius 1 is 1.02 bits per heavy atom. The minimum absolute atomic E-state index is 0.107. The molecule has 6 heterocycles. The Kier molecular flexibility index (Phi) is 9.62. The number of halogens is 1. The second-order valence-corrected chi connectivity index (χ2v) is 15.6. The number of rotatable bonds is 8. The van der Waals surface area contributed by atoms with Crippen molar-refractivity contribution in [3.63, 3.8) is 0 Å². The lowest BCUT2D eigenvalue weighted by molar-refractivity contribution is -0.136. The molecule has 0 spiro atoms. The highest BCUT2D eigenvalue weighted by molar-refractivity contribution is 7.15. The predicted molar refractivity (Wildman–Crippen MR) is 207 cm³/mol. The minimum atomic E-state index is -0.801. The van der Waals surface area contributed by atoms with Gasteiger partial charge >= 0.3 is 0 Å². The van der Waals surface area contributed by atoms with E-state index in [1.54, 1.807) is 23.6 Å². The van der Waals surface area contributed by atoms with Crippen LogP contribution in [0.5, 0.6) is 0 Å². The number of thiophene rings is 1. The third kappa shape index (κ3) is 6.71. The largest absolute Gasteiger partial charge is 0.369 e. The highest BCUT2D eigenvalue weighted by Crippen LogP contribution is 2.39. The Labute approximate surface area is 319 Å². The van der Waals surface area contributed by atoms with Gasteiger partial charge in [0.1, 0.15) is 22.9 Å². The first-order valence-corrected chi connectivity index (χ1v) is 19.2. The molecule has 1 unspecified atom stereocenters. The van der Waals surface area contributed by atoms with E-state index in [4.69, 9.17) is 16.6 Å². The smallest absolute Gasteiger partial charge is 0.275 e. The summed E-state index contributed by atoms with van der Waals surface area (Å²) in [6, 6.07) is 12.0. The van der Waals surface area contributed by atoms with Crippen LogP contribution in [0.2, 0.25) is 5.02 Å². The first-order valence-electron chi connectivity index (χ1n) is 18.0. The summed E-state index contributed by atoms with van der Waals surface area (Å²) >= 11 is 7.92. The fourth-order valence-electron chi connectivity index (χ4n) is 7.45. The van der Waals surface area contributed by atoms with E-state index in [0.717, 1.165) is 65.1 Å². The maximum atomic E-state index is 13.5. The van der Waals surface area contributed by atoms with Gasteiger partial charge in [0.15, 0.2) is 5.82 Å². The number of hydrogen-bond acceptors (Lipinski definition) is 11. The minimum Gasteiger partial charge on any atom is -0.369 e. The van der Waals surface area contributed by atoms with Gasteiger partial charge in [-0.1, -0.05) is 23.7 Å². The van der Waals surface area contributed by atoms with E-state index in [0.29, 0.717) is 34.7 Å². The summed E-state index contributed by atoms with van der Waals surface area (Å²) < 4.78 is 3.23. The van der Waals surface area contributed by atoms with Crippen molar-refractivity contribution < 1.29 is 14.4 Å². The Morgan fingerprint density at radius 3 is 2.56 bits per heavy atom. The van der Waals surface area contributed by atoms with E-state index in [1.807, 2.05) is 47.9 Å². The number of aliphatic imine (C=N–C) groups is 1. The Bertz CT molecular complexity index is 2390. The summed E-state index contributed by atoms with van der Waals surface area (Å²) in [5.74, 6) is 0.446. The number of fused-ring (bicyclic) bond motifs is 4. The number of hydrogen-bond donors (Lipinski definition) is 2. The van der Waals surface area contributed by atoms with Gasteiger partial charge in [0, 0.05) is 77.8 Å². The average molecular weight is 767 g/mol. The standard InChI is InChI=1S/C38H39ClN10O4S/c1-21-22(2)54-38-33(21)34(24-4-6-26(39)7-5-24)42-29(35-45-44-23(3)48(35)38)19-32(51)40-12-13-46-14-16-47(17-15-46)27-8-9-28-25(18-27)20-41-49(37(28)53)30-10-11-31(50)43-36(30)52/h4-9,18,20,29-30H,10-17,19H2,1-3H3,(H,40,51)(H,43,50,52)/t29-,30?/m0/s1. The Morgan fingerprint density at radius 2 is 1.80 bits per heavy atom. The van der Waals surface area contributed by atoms with Crippen molar-refractivity contribution in [3.8, 4) is 5.00 Å². The zero-order chi connectivity index (χ0) is 37.7. The summed E-state index contributed by atoms with van der Waals surface area (Å²) in [5, 5.41) is 21.4. The SMILES string of the molecule is Cc1sc2c(c1C)C(c1ccc(Cl)cc1)=N[C@@H](CC(=O)NCCN1CCN(c3ccc4c(=O)n(C5CCC(=O)NC5=O)ncc4c3)CC1)c1nnc(C)n1-2. The Balaban J connectivity index is 0.896. The molecule has 2 atom stereocenters. The lowest BCUT2D eigenvalue weighted by atomic mass is 9.99. The van der Waals surface area contributed by atoms with Crippen LogP contribution in [-0.2, 0) is 14.4 Å². The van der Waals surface area contributed by atoms with Gasteiger partial charge in [0.2, 0.25) is 11.8 Å². The van der Waals surface area contributed by atoms with Crippen molar-refractivity contribution in [2.75, 3.05) is 44.2 Å². The fourth-order valence-corrected chi connectivity index (χ4v) is 8.79. The van der Waals surface area contributed by atoms with Crippen LogP contribution in [-0.4, -0.2) is 92.1 Å². The van der Waals surface area contributed by atoms with Gasteiger partial charge in [0.25, 0.3) is 11.5 Å². The van der Waals surface area contributed by atoms with Gasteiger partial charge < -0.3 is 10.2 Å².